The molecule has 2 N–H and O–H groups in total. The Balaban J connectivity index is 1.42. The Labute approximate surface area is 171 Å². The van der Waals surface area contributed by atoms with Gasteiger partial charge in [0.15, 0.2) is 5.96 Å². The number of para-hydroxylation sites is 1. The van der Waals surface area contributed by atoms with Crippen LogP contribution in [0.3, 0.4) is 0 Å². The number of hydrogen-bond donors (Lipinski definition) is 2. The summed E-state index contributed by atoms with van der Waals surface area (Å²) in [7, 11) is 1.65. The lowest BCUT2D eigenvalue weighted by Crippen LogP contribution is -2.52. The smallest absolute Gasteiger partial charge is 0.242 e. The summed E-state index contributed by atoms with van der Waals surface area (Å²) in [5.41, 5.74) is 2.63. The minimum absolute atomic E-state index is 0.0436. The number of carbonyl (C=O) groups is 1. The predicted molar refractivity (Wildman–Crippen MR) is 115 cm³/mol. The van der Waals surface area contributed by atoms with Gasteiger partial charge in [0.2, 0.25) is 5.91 Å². The second kappa shape index (κ2) is 9.91. The highest BCUT2D eigenvalue weighted by molar-refractivity contribution is 5.86. The molecule has 0 unspecified atom stereocenters. The van der Waals surface area contributed by atoms with E-state index in [4.69, 9.17) is 0 Å². The molecule has 1 amide bonds. The van der Waals surface area contributed by atoms with Crippen molar-refractivity contribution in [3.05, 3.63) is 65.5 Å². The van der Waals surface area contributed by atoms with Gasteiger partial charge in [-0.1, -0.05) is 30.3 Å². The van der Waals surface area contributed by atoms with Gasteiger partial charge in [0.1, 0.15) is 5.82 Å². The molecule has 0 spiro atoms. The van der Waals surface area contributed by atoms with Gasteiger partial charge in [-0.3, -0.25) is 9.79 Å². The number of nitrogens with one attached hydrogen (secondary N) is 2. The van der Waals surface area contributed by atoms with E-state index in [-0.39, 0.29) is 18.3 Å². The lowest BCUT2D eigenvalue weighted by atomic mass is 10.1. The van der Waals surface area contributed by atoms with Crippen molar-refractivity contribution >= 4 is 17.6 Å². The third kappa shape index (κ3) is 5.70. The lowest BCUT2D eigenvalue weighted by Gasteiger charge is -2.36. The number of piperazine rings is 1. The second-order valence-electron chi connectivity index (χ2n) is 7.07. The maximum atomic E-state index is 13.7. The number of benzene rings is 2. The zero-order valence-corrected chi connectivity index (χ0v) is 17.0. The first-order valence-corrected chi connectivity index (χ1v) is 9.84. The summed E-state index contributed by atoms with van der Waals surface area (Å²) in [5.74, 6) is 0.335. The fourth-order valence-electron chi connectivity index (χ4n) is 3.28. The van der Waals surface area contributed by atoms with Crippen LogP contribution in [0.15, 0.2) is 53.5 Å². The summed E-state index contributed by atoms with van der Waals surface area (Å²) in [6.45, 7) is 5.38. The molecule has 3 rings (SSSR count). The third-order valence-electron chi connectivity index (χ3n) is 5.08. The molecule has 7 heteroatoms. The average molecular weight is 397 g/mol. The van der Waals surface area contributed by atoms with E-state index in [1.807, 2.05) is 29.2 Å². The van der Waals surface area contributed by atoms with Crippen LogP contribution >= 0.6 is 0 Å². The molecule has 1 aliphatic heterocycles. The predicted octanol–water partition coefficient (Wildman–Crippen LogP) is 2.15. The molecule has 0 bridgehead atoms. The number of guanidine groups is 1. The number of halogens is 1. The standard InChI is InChI=1S/C22H28FN5O/c1-17-8-9-18(14-20(17)23)15-25-22(24-2)26-16-21(29)28-12-10-27(11-13-28)19-6-4-3-5-7-19/h3-9,14H,10-13,15-16H2,1-2H3,(H2,24,25,26). The first-order chi connectivity index (χ1) is 14.1. The Hall–Kier alpha value is -3.09. The highest BCUT2D eigenvalue weighted by Gasteiger charge is 2.21. The first-order valence-electron chi connectivity index (χ1n) is 9.84. The van der Waals surface area contributed by atoms with Crippen LogP contribution in [0.25, 0.3) is 0 Å². The van der Waals surface area contributed by atoms with Gasteiger partial charge in [-0.15, -0.1) is 0 Å². The zero-order chi connectivity index (χ0) is 20.6. The topological polar surface area (TPSA) is 60.0 Å². The molecular formula is C22H28FN5O. The van der Waals surface area contributed by atoms with Crippen LogP contribution in [0, 0.1) is 12.7 Å². The number of carbonyl (C=O) groups excluding carboxylic acids is 1. The van der Waals surface area contributed by atoms with Crippen LogP contribution in [-0.2, 0) is 11.3 Å². The first kappa shape index (κ1) is 20.6. The van der Waals surface area contributed by atoms with Crippen molar-refractivity contribution in [2.24, 2.45) is 4.99 Å². The quantitative estimate of drug-likeness (QED) is 0.600. The Morgan fingerprint density at radius 2 is 1.79 bits per heavy atom. The molecule has 29 heavy (non-hydrogen) atoms. The number of nitrogens with zero attached hydrogens (tertiary/aromatic N) is 3. The fraction of sp³-hybridized carbons (Fsp3) is 0.364. The van der Waals surface area contributed by atoms with Crippen LogP contribution < -0.4 is 15.5 Å². The van der Waals surface area contributed by atoms with E-state index in [1.54, 1.807) is 20.0 Å². The van der Waals surface area contributed by atoms with Crippen LogP contribution in [0.5, 0.6) is 0 Å². The molecule has 1 aliphatic rings. The number of rotatable bonds is 5. The molecule has 0 radical (unpaired) electrons. The van der Waals surface area contributed by atoms with E-state index in [1.165, 1.54) is 11.8 Å². The van der Waals surface area contributed by atoms with Crippen molar-refractivity contribution in [2.45, 2.75) is 13.5 Å². The van der Waals surface area contributed by atoms with Crippen molar-refractivity contribution in [3.63, 3.8) is 0 Å². The second-order valence-corrected chi connectivity index (χ2v) is 7.07. The highest BCUT2D eigenvalue weighted by Crippen LogP contribution is 2.15. The minimum Gasteiger partial charge on any atom is -0.368 e. The highest BCUT2D eigenvalue weighted by atomic mass is 19.1. The van der Waals surface area contributed by atoms with Crippen LogP contribution in [-0.4, -0.2) is 56.5 Å². The largest absolute Gasteiger partial charge is 0.368 e. The molecule has 1 saturated heterocycles. The van der Waals surface area contributed by atoms with Crippen molar-refractivity contribution in [3.8, 4) is 0 Å². The normalized spacial score (nSPS) is 14.7. The maximum absolute atomic E-state index is 13.7. The van der Waals surface area contributed by atoms with Crippen LogP contribution in [0.1, 0.15) is 11.1 Å². The molecule has 2 aromatic carbocycles. The van der Waals surface area contributed by atoms with Crippen molar-refractivity contribution < 1.29 is 9.18 Å². The number of hydrogen-bond acceptors (Lipinski definition) is 3. The van der Waals surface area contributed by atoms with E-state index in [9.17, 15) is 9.18 Å². The molecule has 1 fully saturated rings. The summed E-state index contributed by atoms with van der Waals surface area (Å²) in [6.07, 6.45) is 0. The van der Waals surface area contributed by atoms with Gasteiger partial charge in [0, 0.05) is 45.5 Å². The number of amides is 1. The lowest BCUT2D eigenvalue weighted by molar-refractivity contribution is -0.130. The maximum Gasteiger partial charge on any atom is 0.242 e. The molecule has 2 aromatic rings. The van der Waals surface area contributed by atoms with Crippen molar-refractivity contribution in [1.82, 2.24) is 15.5 Å². The minimum atomic E-state index is -0.225. The van der Waals surface area contributed by atoms with Crippen molar-refractivity contribution in [2.75, 3.05) is 44.7 Å². The van der Waals surface area contributed by atoms with E-state index in [0.29, 0.717) is 31.2 Å². The average Bonchev–Trinajstić information content (AvgIpc) is 2.76. The fourth-order valence-corrected chi connectivity index (χ4v) is 3.28. The molecule has 0 aromatic heterocycles. The van der Waals surface area contributed by atoms with Gasteiger partial charge in [-0.2, -0.15) is 0 Å². The Kier molecular flexibility index (Phi) is 7.05. The molecule has 0 atom stereocenters. The summed E-state index contributed by atoms with van der Waals surface area (Å²) >= 11 is 0. The summed E-state index contributed by atoms with van der Waals surface area (Å²) in [4.78, 5) is 20.8. The molecule has 0 aliphatic carbocycles. The van der Waals surface area contributed by atoms with Gasteiger partial charge in [0.05, 0.1) is 6.54 Å². The number of anilines is 1. The third-order valence-corrected chi connectivity index (χ3v) is 5.08. The molecule has 0 saturated carbocycles. The molecule has 6 nitrogen and oxygen atoms in total. The van der Waals surface area contributed by atoms with Gasteiger partial charge >= 0.3 is 0 Å². The van der Waals surface area contributed by atoms with E-state index in [0.717, 1.165) is 18.7 Å². The summed E-state index contributed by atoms with van der Waals surface area (Å²) < 4.78 is 13.7. The van der Waals surface area contributed by atoms with Gasteiger partial charge in [-0.25, -0.2) is 4.39 Å². The van der Waals surface area contributed by atoms with Gasteiger partial charge < -0.3 is 20.4 Å². The summed E-state index contributed by atoms with van der Waals surface area (Å²) in [6, 6.07) is 15.4. The Morgan fingerprint density at radius 1 is 1.07 bits per heavy atom. The summed E-state index contributed by atoms with van der Waals surface area (Å²) in [5, 5.41) is 6.16. The van der Waals surface area contributed by atoms with Gasteiger partial charge in [0.25, 0.3) is 0 Å². The zero-order valence-electron chi connectivity index (χ0n) is 17.0. The SMILES string of the molecule is CN=C(NCC(=O)N1CCN(c2ccccc2)CC1)NCc1ccc(C)c(F)c1. The van der Waals surface area contributed by atoms with E-state index < -0.39 is 0 Å². The molecule has 154 valence electrons. The Bertz CT molecular complexity index is 848. The molecule has 1 heterocycles. The monoisotopic (exact) mass is 397 g/mol. The van der Waals surface area contributed by atoms with Crippen LogP contribution in [0.2, 0.25) is 0 Å². The van der Waals surface area contributed by atoms with Crippen molar-refractivity contribution in [1.29, 1.82) is 0 Å². The molecular weight excluding hydrogens is 369 g/mol. The number of aryl methyl sites for hydroxylation is 1. The van der Waals surface area contributed by atoms with Crippen LogP contribution in [0.4, 0.5) is 10.1 Å². The van der Waals surface area contributed by atoms with Gasteiger partial charge in [-0.05, 0) is 36.2 Å². The number of aliphatic imine (C=N–C) groups is 1. The Morgan fingerprint density at radius 3 is 2.45 bits per heavy atom. The van der Waals surface area contributed by atoms with E-state index >= 15 is 0 Å². The van der Waals surface area contributed by atoms with E-state index in [2.05, 4.69) is 32.7 Å².